The smallest absolute Gasteiger partial charge is 0.331 e. The number of amides is 1. The van der Waals surface area contributed by atoms with Gasteiger partial charge in [-0.2, -0.15) is 4.31 Å². The quantitative estimate of drug-likeness (QED) is 0.453. The Bertz CT molecular complexity index is 1140. The summed E-state index contributed by atoms with van der Waals surface area (Å²) in [6.45, 7) is 2.37. The Labute approximate surface area is 199 Å². The molecule has 182 valence electrons. The number of hydrogen-bond donors (Lipinski definition) is 1. The number of rotatable bonds is 8. The van der Waals surface area contributed by atoms with Crippen LogP contribution in [0.25, 0.3) is 6.08 Å². The largest absolute Gasteiger partial charge is 0.452 e. The number of benzene rings is 2. The van der Waals surface area contributed by atoms with Gasteiger partial charge in [0.05, 0.1) is 4.90 Å². The molecule has 0 atom stereocenters. The van der Waals surface area contributed by atoms with Gasteiger partial charge in [-0.1, -0.05) is 37.1 Å². The maximum Gasteiger partial charge on any atom is 0.331 e. The predicted molar refractivity (Wildman–Crippen MR) is 127 cm³/mol. The van der Waals surface area contributed by atoms with Gasteiger partial charge in [-0.3, -0.25) is 4.79 Å². The highest BCUT2D eigenvalue weighted by Gasteiger charge is 2.24. The molecule has 7 nitrogen and oxygen atoms in total. The van der Waals surface area contributed by atoms with Crippen LogP contribution in [-0.2, 0) is 30.9 Å². The van der Waals surface area contributed by atoms with Crippen LogP contribution in [0.15, 0.2) is 53.4 Å². The van der Waals surface area contributed by atoms with Gasteiger partial charge in [0.2, 0.25) is 10.0 Å². The number of hydrogen-bond acceptors (Lipinski definition) is 5. The molecular formula is C25H29FN2O5S. The van der Waals surface area contributed by atoms with Crippen LogP contribution in [0.5, 0.6) is 0 Å². The lowest BCUT2D eigenvalue weighted by Crippen LogP contribution is -2.31. The Morgan fingerprint density at radius 2 is 1.74 bits per heavy atom. The summed E-state index contributed by atoms with van der Waals surface area (Å²) in [4.78, 5) is 24.0. The van der Waals surface area contributed by atoms with E-state index in [0.717, 1.165) is 25.7 Å². The summed E-state index contributed by atoms with van der Waals surface area (Å²) in [6, 6.07) is 10.9. The molecule has 1 N–H and O–H groups in total. The van der Waals surface area contributed by atoms with Gasteiger partial charge in [-0.25, -0.2) is 17.6 Å². The Balaban J connectivity index is 1.46. The molecule has 9 heteroatoms. The highest BCUT2D eigenvalue weighted by atomic mass is 32.2. The molecule has 1 heterocycles. The summed E-state index contributed by atoms with van der Waals surface area (Å²) in [5.74, 6) is -1.57. The Kier molecular flexibility index (Phi) is 8.95. The van der Waals surface area contributed by atoms with Crippen LogP contribution in [0.3, 0.4) is 0 Å². The number of carbonyl (C=O) groups is 2. The van der Waals surface area contributed by atoms with Gasteiger partial charge < -0.3 is 10.1 Å². The number of sulfonamides is 1. The fourth-order valence-electron chi connectivity index (χ4n) is 3.53. The maximum atomic E-state index is 13.5. The van der Waals surface area contributed by atoms with E-state index in [0.29, 0.717) is 29.8 Å². The Morgan fingerprint density at radius 1 is 1.06 bits per heavy atom. The monoisotopic (exact) mass is 488 g/mol. The molecule has 34 heavy (non-hydrogen) atoms. The van der Waals surface area contributed by atoms with Crippen molar-refractivity contribution in [3.8, 4) is 0 Å². The maximum absolute atomic E-state index is 13.5. The van der Waals surface area contributed by atoms with Crippen LogP contribution in [0, 0.1) is 12.7 Å². The zero-order valence-corrected chi connectivity index (χ0v) is 19.9. The van der Waals surface area contributed by atoms with E-state index >= 15 is 0 Å². The zero-order valence-electron chi connectivity index (χ0n) is 19.1. The molecule has 0 aliphatic carbocycles. The van der Waals surface area contributed by atoms with Crippen molar-refractivity contribution in [2.45, 2.75) is 44.0 Å². The van der Waals surface area contributed by atoms with Crippen LogP contribution in [0.4, 0.5) is 4.39 Å². The highest BCUT2D eigenvalue weighted by molar-refractivity contribution is 7.89. The molecule has 0 unspecified atom stereocenters. The molecule has 2 aromatic rings. The number of nitrogens with zero attached hydrogens (tertiary/aromatic N) is 1. The molecule has 1 amide bonds. The number of esters is 1. The van der Waals surface area contributed by atoms with Crippen molar-refractivity contribution >= 4 is 28.0 Å². The summed E-state index contributed by atoms with van der Waals surface area (Å²) in [7, 11) is -3.53. The van der Waals surface area contributed by atoms with Crippen molar-refractivity contribution in [3.63, 3.8) is 0 Å². The molecule has 1 fully saturated rings. The second-order valence-corrected chi connectivity index (χ2v) is 10.1. The lowest BCUT2D eigenvalue weighted by molar-refractivity contribution is -0.143. The highest BCUT2D eigenvalue weighted by Crippen LogP contribution is 2.21. The minimum absolute atomic E-state index is 0.121. The molecule has 3 rings (SSSR count). The van der Waals surface area contributed by atoms with E-state index in [-0.39, 0.29) is 17.3 Å². The number of halogens is 1. The van der Waals surface area contributed by atoms with Crippen molar-refractivity contribution in [1.29, 1.82) is 0 Å². The third-order valence-electron chi connectivity index (χ3n) is 5.57. The molecule has 0 bridgehead atoms. The molecule has 1 saturated heterocycles. The summed E-state index contributed by atoms with van der Waals surface area (Å²) < 4.78 is 45.6. The number of ether oxygens (including phenoxy) is 1. The third-order valence-corrected chi connectivity index (χ3v) is 7.48. The van der Waals surface area contributed by atoms with Crippen LogP contribution in [0.1, 0.15) is 42.4 Å². The lowest BCUT2D eigenvalue weighted by atomic mass is 10.1. The Hall–Kier alpha value is -3.04. The third kappa shape index (κ3) is 7.23. The first-order valence-electron chi connectivity index (χ1n) is 11.2. The minimum atomic E-state index is -3.53. The summed E-state index contributed by atoms with van der Waals surface area (Å²) in [5.41, 5.74) is 1.74. The molecule has 2 aromatic carbocycles. The van der Waals surface area contributed by atoms with E-state index in [2.05, 4.69) is 5.32 Å². The average molecular weight is 489 g/mol. The van der Waals surface area contributed by atoms with E-state index < -0.39 is 28.5 Å². The molecule has 0 saturated carbocycles. The van der Waals surface area contributed by atoms with Gasteiger partial charge in [0.25, 0.3) is 5.91 Å². The van der Waals surface area contributed by atoms with Gasteiger partial charge in [-0.05, 0) is 60.7 Å². The number of carbonyl (C=O) groups excluding carboxylic acids is 2. The van der Waals surface area contributed by atoms with Gasteiger partial charge in [0.1, 0.15) is 5.82 Å². The first kappa shape index (κ1) is 25.6. The SMILES string of the molecule is Cc1ccc(CNC(=O)COC(=O)/C=C/c2ccc(S(=O)(=O)N3CCCCCC3)cc2)cc1F. The summed E-state index contributed by atoms with van der Waals surface area (Å²) in [6.07, 6.45) is 6.47. The van der Waals surface area contributed by atoms with E-state index in [4.69, 9.17) is 4.74 Å². The van der Waals surface area contributed by atoms with Crippen LogP contribution < -0.4 is 5.32 Å². The van der Waals surface area contributed by atoms with Gasteiger partial charge in [-0.15, -0.1) is 0 Å². The van der Waals surface area contributed by atoms with E-state index in [9.17, 15) is 22.4 Å². The fourth-order valence-corrected chi connectivity index (χ4v) is 5.05. The van der Waals surface area contributed by atoms with Gasteiger partial charge >= 0.3 is 5.97 Å². The summed E-state index contributed by atoms with van der Waals surface area (Å²) in [5, 5.41) is 2.56. The molecule has 0 radical (unpaired) electrons. The lowest BCUT2D eigenvalue weighted by Gasteiger charge is -2.19. The van der Waals surface area contributed by atoms with E-state index in [1.54, 1.807) is 31.2 Å². The van der Waals surface area contributed by atoms with E-state index in [1.165, 1.54) is 34.7 Å². The number of aryl methyl sites for hydroxylation is 1. The average Bonchev–Trinajstić information content (AvgIpc) is 3.13. The first-order chi connectivity index (χ1) is 16.3. The molecule has 1 aliphatic heterocycles. The molecular weight excluding hydrogens is 459 g/mol. The van der Waals surface area contributed by atoms with Crippen molar-refractivity contribution in [3.05, 3.63) is 71.0 Å². The van der Waals surface area contributed by atoms with Crippen molar-refractivity contribution in [1.82, 2.24) is 9.62 Å². The second-order valence-electron chi connectivity index (χ2n) is 8.19. The minimum Gasteiger partial charge on any atom is -0.452 e. The zero-order chi connectivity index (χ0) is 24.6. The molecule has 1 aliphatic rings. The van der Waals surface area contributed by atoms with Gasteiger partial charge in [0, 0.05) is 25.7 Å². The molecule has 0 aromatic heterocycles. The van der Waals surface area contributed by atoms with Crippen LogP contribution in [0.2, 0.25) is 0 Å². The van der Waals surface area contributed by atoms with Crippen molar-refractivity contribution in [2.24, 2.45) is 0 Å². The van der Waals surface area contributed by atoms with E-state index in [1.807, 2.05) is 0 Å². The number of nitrogens with one attached hydrogen (secondary N) is 1. The normalized spacial score (nSPS) is 15.1. The first-order valence-corrected chi connectivity index (χ1v) is 12.7. The van der Waals surface area contributed by atoms with Crippen molar-refractivity contribution in [2.75, 3.05) is 19.7 Å². The Morgan fingerprint density at radius 3 is 2.38 bits per heavy atom. The topological polar surface area (TPSA) is 92.8 Å². The fraction of sp³-hybridized carbons (Fsp3) is 0.360. The summed E-state index contributed by atoms with van der Waals surface area (Å²) >= 11 is 0. The van der Waals surface area contributed by atoms with Crippen LogP contribution in [-0.4, -0.2) is 44.3 Å². The van der Waals surface area contributed by atoms with Gasteiger partial charge in [0.15, 0.2) is 6.61 Å². The predicted octanol–water partition coefficient (Wildman–Crippen LogP) is 3.57. The standard InChI is InChI=1S/C25H29FN2O5S/c1-19-6-7-21(16-23(19)26)17-27-24(29)18-33-25(30)13-10-20-8-11-22(12-9-20)34(31,32)28-14-4-2-3-5-15-28/h6-13,16H,2-5,14-15,17-18H2,1H3,(H,27,29)/b13-10+. The van der Waals surface area contributed by atoms with Crippen LogP contribution >= 0.6 is 0 Å². The molecule has 0 spiro atoms. The second kappa shape index (κ2) is 11.9. The van der Waals surface area contributed by atoms with Crippen molar-refractivity contribution < 1.29 is 27.1 Å².